The number of carboxylic acid groups (broad SMARTS) is 1. The molecule has 0 spiro atoms. The predicted molar refractivity (Wildman–Crippen MR) is 79.9 cm³/mol. The van der Waals surface area contributed by atoms with Gasteiger partial charge >= 0.3 is 5.97 Å². The van der Waals surface area contributed by atoms with E-state index in [1.807, 2.05) is 12.3 Å². The minimum absolute atomic E-state index is 0.316. The molecule has 0 saturated heterocycles. The maximum absolute atomic E-state index is 11.5. The first-order valence-corrected chi connectivity index (χ1v) is 7.72. The minimum Gasteiger partial charge on any atom is -0.478 e. The molecule has 2 aromatic heterocycles. The van der Waals surface area contributed by atoms with Crippen LogP contribution in [0.5, 0.6) is 0 Å². The zero-order chi connectivity index (χ0) is 14.4. The number of rotatable bonds is 4. The number of aromatic nitrogens is 3. The molecule has 5 nitrogen and oxygen atoms in total. The Labute approximate surface area is 124 Å². The van der Waals surface area contributed by atoms with E-state index in [0.717, 1.165) is 34.6 Å². The van der Waals surface area contributed by atoms with Crippen molar-refractivity contribution >= 4 is 28.3 Å². The number of hydrogen-bond donors (Lipinski definition) is 1. The molecule has 0 aliphatic heterocycles. The highest BCUT2D eigenvalue weighted by Gasteiger charge is 2.30. The Morgan fingerprint density at radius 2 is 2.29 bits per heavy atom. The highest BCUT2D eigenvalue weighted by molar-refractivity contribution is 7.09. The van der Waals surface area contributed by atoms with Gasteiger partial charge in [0.2, 0.25) is 0 Å². The number of fused-ring (bicyclic) bond motifs is 1. The van der Waals surface area contributed by atoms with Crippen molar-refractivity contribution < 1.29 is 9.90 Å². The van der Waals surface area contributed by atoms with Crippen LogP contribution in [0.4, 0.5) is 0 Å². The van der Waals surface area contributed by atoms with Crippen molar-refractivity contribution in [1.29, 1.82) is 0 Å². The van der Waals surface area contributed by atoms with E-state index < -0.39 is 5.97 Å². The number of carbonyl (C=O) groups is 1. The fourth-order valence-electron chi connectivity index (χ4n) is 2.67. The van der Waals surface area contributed by atoms with Crippen molar-refractivity contribution in [2.75, 3.05) is 0 Å². The molecule has 0 unspecified atom stereocenters. The van der Waals surface area contributed by atoms with Crippen LogP contribution in [0.2, 0.25) is 0 Å². The van der Waals surface area contributed by atoms with Gasteiger partial charge in [-0.25, -0.2) is 9.78 Å². The molecule has 0 radical (unpaired) electrons. The van der Waals surface area contributed by atoms with E-state index in [0.29, 0.717) is 18.0 Å². The quantitative estimate of drug-likeness (QED) is 0.803. The van der Waals surface area contributed by atoms with Crippen LogP contribution >= 0.6 is 11.3 Å². The molecule has 3 aromatic rings. The van der Waals surface area contributed by atoms with Crippen LogP contribution in [0.25, 0.3) is 11.0 Å². The van der Waals surface area contributed by atoms with Gasteiger partial charge in [0, 0.05) is 17.0 Å². The Balaban J connectivity index is 1.95. The van der Waals surface area contributed by atoms with Crippen molar-refractivity contribution in [2.45, 2.75) is 25.3 Å². The summed E-state index contributed by atoms with van der Waals surface area (Å²) in [5, 5.41) is 9.45. The second-order valence-corrected chi connectivity index (χ2v) is 6.25. The van der Waals surface area contributed by atoms with Gasteiger partial charge in [0.15, 0.2) is 0 Å². The van der Waals surface area contributed by atoms with E-state index >= 15 is 0 Å². The molecule has 106 valence electrons. The van der Waals surface area contributed by atoms with Crippen LogP contribution in [-0.4, -0.2) is 25.6 Å². The van der Waals surface area contributed by atoms with Gasteiger partial charge < -0.3 is 9.67 Å². The molecule has 1 aliphatic carbocycles. The van der Waals surface area contributed by atoms with Crippen LogP contribution in [-0.2, 0) is 6.54 Å². The summed E-state index contributed by atoms with van der Waals surface area (Å²) in [5.74, 6) is 0.562. The predicted octanol–water partition coefficient (Wildman–Crippen LogP) is 3.12. The molecule has 0 amide bonds. The molecule has 1 aromatic carbocycles. The Bertz CT molecular complexity index is 819. The topological polar surface area (TPSA) is 68.0 Å². The van der Waals surface area contributed by atoms with Gasteiger partial charge in [0.25, 0.3) is 0 Å². The second kappa shape index (κ2) is 4.66. The number of hydrogen-bond acceptors (Lipinski definition) is 4. The number of aromatic carboxylic acids is 1. The highest BCUT2D eigenvalue weighted by atomic mass is 32.1. The highest BCUT2D eigenvalue weighted by Crippen LogP contribution is 2.41. The van der Waals surface area contributed by atoms with Gasteiger partial charge in [0.1, 0.15) is 5.82 Å². The third-order valence-corrected chi connectivity index (χ3v) is 4.53. The van der Waals surface area contributed by atoms with Gasteiger partial charge in [-0.1, -0.05) is 6.07 Å². The lowest BCUT2D eigenvalue weighted by molar-refractivity contribution is 0.0698. The Morgan fingerprint density at radius 1 is 1.43 bits per heavy atom. The smallest absolute Gasteiger partial charge is 0.337 e. The van der Waals surface area contributed by atoms with Gasteiger partial charge in [-0.3, -0.25) is 4.98 Å². The van der Waals surface area contributed by atoms with Gasteiger partial charge in [0.05, 0.1) is 28.7 Å². The summed E-state index contributed by atoms with van der Waals surface area (Å²) in [6, 6.07) is 5.29. The van der Waals surface area contributed by atoms with Gasteiger partial charge in [-0.2, -0.15) is 0 Å². The third kappa shape index (κ3) is 2.12. The van der Waals surface area contributed by atoms with Crippen LogP contribution in [0.15, 0.2) is 29.9 Å². The van der Waals surface area contributed by atoms with E-state index in [-0.39, 0.29) is 0 Å². The molecule has 6 heteroatoms. The summed E-state index contributed by atoms with van der Waals surface area (Å²) >= 11 is 1.58. The van der Waals surface area contributed by atoms with E-state index in [1.165, 1.54) is 0 Å². The molecule has 4 rings (SSSR count). The average Bonchev–Trinajstić information content (AvgIpc) is 3.07. The summed E-state index contributed by atoms with van der Waals surface area (Å²) in [4.78, 5) is 21.4. The largest absolute Gasteiger partial charge is 0.478 e. The van der Waals surface area contributed by atoms with Crippen LogP contribution < -0.4 is 0 Å². The Morgan fingerprint density at radius 3 is 2.95 bits per heavy atom. The van der Waals surface area contributed by atoms with E-state index in [4.69, 9.17) is 0 Å². The van der Waals surface area contributed by atoms with E-state index in [9.17, 15) is 9.90 Å². The fourth-order valence-corrected chi connectivity index (χ4v) is 3.25. The zero-order valence-electron chi connectivity index (χ0n) is 11.2. The van der Waals surface area contributed by atoms with Crippen molar-refractivity contribution in [2.24, 2.45) is 0 Å². The second-order valence-electron chi connectivity index (χ2n) is 5.28. The van der Waals surface area contributed by atoms with E-state index in [2.05, 4.69) is 14.5 Å². The number of thiazole rings is 1. The summed E-state index contributed by atoms with van der Waals surface area (Å²) in [5.41, 5.74) is 3.60. The molecule has 1 N–H and O–H groups in total. The van der Waals surface area contributed by atoms with Gasteiger partial charge in [-0.05, 0) is 25.0 Å². The Hall–Kier alpha value is -2.21. The average molecular weight is 299 g/mol. The lowest BCUT2D eigenvalue weighted by Crippen LogP contribution is -2.07. The standard InChI is InChI=1S/C15H13N3O2S/c19-15(20)11-2-1-3-12-13(11)18(7-10-6-16-8-21-10)14(17-12)9-4-5-9/h1-3,6,8-9H,4-5,7H2,(H,19,20). The summed E-state index contributed by atoms with van der Waals surface area (Å²) in [7, 11) is 0. The Kier molecular flexibility index (Phi) is 2.78. The molecular formula is C15H13N3O2S. The van der Waals surface area contributed by atoms with Crippen molar-refractivity contribution in [3.63, 3.8) is 0 Å². The zero-order valence-corrected chi connectivity index (χ0v) is 12.0. The minimum atomic E-state index is -0.909. The molecule has 2 heterocycles. The number of nitrogens with zero attached hydrogens (tertiary/aromatic N) is 3. The molecule has 1 fully saturated rings. The molecule has 0 atom stereocenters. The van der Waals surface area contributed by atoms with Crippen molar-refractivity contribution in [3.8, 4) is 0 Å². The first-order chi connectivity index (χ1) is 10.2. The van der Waals surface area contributed by atoms with Crippen LogP contribution in [0, 0.1) is 0 Å². The molecule has 21 heavy (non-hydrogen) atoms. The molecule has 0 bridgehead atoms. The monoisotopic (exact) mass is 299 g/mol. The van der Waals surface area contributed by atoms with Crippen LogP contribution in [0.3, 0.4) is 0 Å². The summed E-state index contributed by atoms with van der Waals surface area (Å²) in [6.07, 6.45) is 4.10. The molecule has 1 aliphatic rings. The van der Waals surface area contributed by atoms with Crippen LogP contribution in [0.1, 0.15) is 39.8 Å². The maximum Gasteiger partial charge on any atom is 0.337 e. The molecular weight excluding hydrogens is 286 g/mol. The SMILES string of the molecule is O=C(O)c1cccc2nc(C3CC3)n(Cc3cncs3)c12. The van der Waals surface area contributed by atoms with Crippen molar-refractivity contribution in [1.82, 2.24) is 14.5 Å². The fraction of sp³-hybridized carbons (Fsp3) is 0.267. The number of carboxylic acids is 1. The van der Waals surface area contributed by atoms with Crippen molar-refractivity contribution in [3.05, 3.63) is 46.2 Å². The summed E-state index contributed by atoms with van der Waals surface area (Å²) < 4.78 is 2.06. The number of imidazole rings is 1. The maximum atomic E-state index is 11.5. The first-order valence-electron chi connectivity index (χ1n) is 6.84. The van der Waals surface area contributed by atoms with E-state index in [1.54, 1.807) is 29.0 Å². The van der Waals surface area contributed by atoms with Gasteiger partial charge in [-0.15, -0.1) is 11.3 Å². The summed E-state index contributed by atoms with van der Waals surface area (Å²) in [6.45, 7) is 0.636. The lowest BCUT2D eigenvalue weighted by Gasteiger charge is -2.08. The number of para-hydroxylation sites is 1. The molecule has 1 saturated carbocycles. The normalized spacial score (nSPS) is 14.7. The first kappa shape index (κ1) is 12.5. The number of benzene rings is 1. The third-order valence-electron chi connectivity index (χ3n) is 3.77. The lowest BCUT2D eigenvalue weighted by atomic mass is 10.2.